The molecule has 0 fully saturated rings. The summed E-state index contributed by atoms with van der Waals surface area (Å²) in [5.74, 6) is 0. The Bertz CT molecular complexity index is 436. The predicted molar refractivity (Wildman–Crippen MR) is 50.4 cm³/mol. The third-order valence-corrected chi connectivity index (χ3v) is 2.10. The molecule has 4 nitrogen and oxygen atoms in total. The van der Waals surface area contributed by atoms with E-state index in [1.165, 1.54) is 6.20 Å². The monoisotopic (exact) mass is 214 g/mol. The van der Waals surface area contributed by atoms with Crippen LogP contribution in [0.1, 0.15) is 5.69 Å². The van der Waals surface area contributed by atoms with E-state index in [9.17, 15) is 7.77 Å². The Labute approximate surface area is 80.9 Å². The summed E-state index contributed by atoms with van der Waals surface area (Å²) in [4.78, 5) is 3.49. The fourth-order valence-electron chi connectivity index (χ4n) is 0.965. The van der Waals surface area contributed by atoms with Crippen LogP contribution in [0.25, 0.3) is 0 Å². The first-order valence-electron chi connectivity index (χ1n) is 3.63. The van der Waals surface area contributed by atoms with Gasteiger partial charge in [0.2, 0.25) is 4.99 Å². The van der Waals surface area contributed by atoms with Gasteiger partial charge in [0.25, 0.3) is 0 Å². The van der Waals surface area contributed by atoms with Crippen molar-refractivity contribution in [2.24, 2.45) is 15.4 Å². The van der Waals surface area contributed by atoms with Crippen LogP contribution in [0.15, 0.2) is 39.8 Å². The topological polar surface area (TPSA) is 50.0 Å². The molecule has 0 N–H and O–H groups in total. The first-order chi connectivity index (χ1) is 6.79. The van der Waals surface area contributed by atoms with E-state index in [0.29, 0.717) is 5.69 Å². The maximum absolute atomic E-state index is 12.4. The molecule has 0 bridgehead atoms. The van der Waals surface area contributed by atoms with Crippen LogP contribution in [0.2, 0.25) is 0 Å². The van der Waals surface area contributed by atoms with Gasteiger partial charge in [-0.2, -0.15) is 0 Å². The summed E-state index contributed by atoms with van der Waals surface area (Å²) in [5, 5.41) is 9.97. The van der Waals surface area contributed by atoms with E-state index < -0.39 is 16.2 Å². The molecular weight excluding hydrogens is 210 g/mol. The minimum Gasteiger partial charge on any atom is -0.254 e. The predicted octanol–water partition coefficient (Wildman–Crippen LogP) is 2.42. The number of hydrogen-bond donors (Lipinski definition) is 0. The minimum atomic E-state index is -2.94. The normalized spacial score (nSPS) is 15.1. The van der Waals surface area contributed by atoms with Crippen LogP contribution in [0.5, 0.6) is 0 Å². The number of pyridine rings is 1. The zero-order valence-electron chi connectivity index (χ0n) is 6.76. The number of nitrogens with zero attached hydrogens (tertiary/aromatic N) is 4. The molecular formula is C7H4F2N4S. The Morgan fingerprint density at radius 3 is 2.71 bits per heavy atom. The molecule has 1 aliphatic heterocycles. The lowest BCUT2D eigenvalue weighted by Crippen LogP contribution is -2.10. The summed E-state index contributed by atoms with van der Waals surface area (Å²) in [6.45, 7) is 0. The molecule has 2 heterocycles. The van der Waals surface area contributed by atoms with Crippen molar-refractivity contribution in [1.82, 2.24) is 4.98 Å². The molecule has 0 amide bonds. The van der Waals surface area contributed by atoms with Gasteiger partial charge in [-0.25, -0.2) is 0 Å². The molecule has 0 aliphatic carbocycles. The van der Waals surface area contributed by atoms with Crippen molar-refractivity contribution in [3.8, 4) is 0 Å². The second kappa shape index (κ2) is 3.70. The van der Waals surface area contributed by atoms with Gasteiger partial charge in [0.05, 0.1) is 5.69 Å². The Hall–Kier alpha value is -1.50. The van der Waals surface area contributed by atoms with Crippen molar-refractivity contribution in [3.05, 3.63) is 30.1 Å². The minimum absolute atomic E-state index is 0.0546. The molecule has 0 aromatic carbocycles. The molecule has 14 heavy (non-hydrogen) atoms. The fraction of sp³-hybridized carbons (Fsp3) is 0. The highest BCUT2D eigenvalue weighted by Crippen LogP contribution is 2.23. The Kier molecular flexibility index (Phi) is 2.40. The number of rotatable bonds is 1. The van der Waals surface area contributed by atoms with Crippen molar-refractivity contribution >= 4 is 22.0 Å². The highest BCUT2D eigenvalue weighted by molar-refractivity contribution is 8.08. The first-order valence-corrected chi connectivity index (χ1v) is 4.66. The number of hydrogen-bond acceptors (Lipinski definition) is 3. The van der Waals surface area contributed by atoms with Gasteiger partial charge in [0.1, 0.15) is 0 Å². The lowest BCUT2D eigenvalue weighted by Gasteiger charge is -1.96. The van der Waals surface area contributed by atoms with Gasteiger partial charge >= 0.3 is 0 Å². The SMILES string of the molecule is FS(F)=C1N=NN=C1c1ccccn1. The van der Waals surface area contributed by atoms with Gasteiger partial charge in [-0.3, -0.25) is 4.98 Å². The first kappa shape index (κ1) is 9.07. The van der Waals surface area contributed by atoms with Crippen molar-refractivity contribution in [2.75, 3.05) is 0 Å². The van der Waals surface area contributed by atoms with Crippen molar-refractivity contribution in [1.29, 1.82) is 0 Å². The van der Waals surface area contributed by atoms with Crippen LogP contribution in [0.4, 0.5) is 7.77 Å². The van der Waals surface area contributed by atoms with Crippen LogP contribution < -0.4 is 0 Å². The molecule has 0 radical (unpaired) electrons. The maximum atomic E-state index is 12.4. The quantitative estimate of drug-likeness (QED) is 0.662. The van der Waals surface area contributed by atoms with Crippen LogP contribution in [-0.2, 0) is 0 Å². The van der Waals surface area contributed by atoms with Gasteiger partial charge in [-0.15, -0.1) is 18.0 Å². The summed E-state index contributed by atoms with van der Waals surface area (Å²) in [5.41, 5.74) is 0.416. The van der Waals surface area contributed by atoms with Gasteiger partial charge in [0, 0.05) is 6.20 Å². The van der Waals surface area contributed by atoms with E-state index in [0.717, 1.165) is 0 Å². The summed E-state index contributed by atoms with van der Waals surface area (Å²) in [7, 11) is 0. The smallest absolute Gasteiger partial charge is 0.202 e. The van der Waals surface area contributed by atoms with E-state index >= 15 is 0 Å². The molecule has 0 unspecified atom stereocenters. The second-order valence-electron chi connectivity index (χ2n) is 2.37. The van der Waals surface area contributed by atoms with Gasteiger partial charge < -0.3 is 0 Å². The van der Waals surface area contributed by atoms with Crippen molar-refractivity contribution in [3.63, 3.8) is 0 Å². The fourth-order valence-corrected chi connectivity index (χ4v) is 1.36. The lowest BCUT2D eigenvalue weighted by atomic mass is 10.2. The van der Waals surface area contributed by atoms with E-state index in [1.807, 2.05) is 0 Å². The lowest BCUT2D eigenvalue weighted by molar-refractivity contribution is 0.807. The summed E-state index contributed by atoms with van der Waals surface area (Å²) in [6.07, 6.45) is 1.50. The average molecular weight is 214 g/mol. The van der Waals surface area contributed by atoms with Crippen LogP contribution in [-0.4, -0.2) is 15.7 Å². The summed E-state index contributed by atoms with van der Waals surface area (Å²) < 4.78 is 24.8. The molecule has 0 saturated heterocycles. The van der Waals surface area contributed by atoms with Gasteiger partial charge in [0.15, 0.2) is 17.0 Å². The second-order valence-corrected chi connectivity index (χ2v) is 3.18. The van der Waals surface area contributed by atoms with Crippen molar-refractivity contribution < 1.29 is 7.77 Å². The third-order valence-electron chi connectivity index (χ3n) is 1.54. The molecule has 0 atom stereocenters. The van der Waals surface area contributed by atoms with E-state index in [2.05, 4.69) is 20.4 Å². The Morgan fingerprint density at radius 2 is 2.07 bits per heavy atom. The maximum Gasteiger partial charge on any atom is 0.202 e. The number of halogens is 2. The highest BCUT2D eigenvalue weighted by Gasteiger charge is 2.20. The van der Waals surface area contributed by atoms with E-state index in [-0.39, 0.29) is 5.71 Å². The van der Waals surface area contributed by atoms with Crippen LogP contribution >= 0.6 is 11.3 Å². The molecule has 1 aromatic rings. The zero-order valence-corrected chi connectivity index (χ0v) is 7.58. The molecule has 0 saturated carbocycles. The van der Waals surface area contributed by atoms with Crippen LogP contribution in [0, 0.1) is 0 Å². The molecule has 2 rings (SSSR count). The van der Waals surface area contributed by atoms with Gasteiger partial charge in [-0.05, 0) is 17.4 Å². The standard InChI is InChI=1S/C7H4F2N4S/c8-14(9)7-6(11-13-12-7)5-3-1-2-4-10-5/h1-4H. The molecule has 72 valence electrons. The average Bonchev–Trinajstić information content (AvgIpc) is 2.67. The summed E-state index contributed by atoms with van der Waals surface area (Å²) >= 11 is -2.94. The molecule has 1 aromatic heterocycles. The van der Waals surface area contributed by atoms with Crippen LogP contribution in [0.3, 0.4) is 0 Å². The third kappa shape index (κ3) is 1.58. The summed E-state index contributed by atoms with van der Waals surface area (Å²) in [6, 6.07) is 4.97. The largest absolute Gasteiger partial charge is 0.254 e. The van der Waals surface area contributed by atoms with E-state index in [4.69, 9.17) is 0 Å². The van der Waals surface area contributed by atoms with E-state index in [1.54, 1.807) is 18.2 Å². The Balaban J connectivity index is 2.44. The van der Waals surface area contributed by atoms with Crippen molar-refractivity contribution in [2.45, 2.75) is 0 Å². The zero-order chi connectivity index (χ0) is 9.97. The molecule has 1 aliphatic rings. The van der Waals surface area contributed by atoms with Gasteiger partial charge in [-0.1, -0.05) is 6.07 Å². The molecule has 7 heteroatoms. The Morgan fingerprint density at radius 1 is 1.21 bits per heavy atom. The number of aromatic nitrogens is 1. The molecule has 0 spiro atoms. The highest BCUT2D eigenvalue weighted by atomic mass is 32.2.